The van der Waals surface area contributed by atoms with Crippen LogP contribution in [0.5, 0.6) is 0 Å². The maximum atomic E-state index is 4.69. The Labute approximate surface area is 109 Å². The van der Waals surface area contributed by atoms with E-state index in [-0.39, 0.29) is 0 Å². The molecule has 1 aromatic rings. The zero-order chi connectivity index (χ0) is 13.0. The Hall–Kier alpha value is -1.36. The van der Waals surface area contributed by atoms with Crippen LogP contribution in [0.15, 0.2) is 12.3 Å². The number of likely N-dealkylation sites (N-methyl/N-ethyl adjacent to an activating group) is 1. The number of aromatic nitrogens is 2. The summed E-state index contributed by atoms with van der Waals surface area (Å²) in [6.45, 7) is 10.5. The zero-order valence-corrected chi connectivity index (χ0v) is 11.6. The highest BCUT2D eigenvalue weighted by molar-refractivity contribution is 5.44. The number of hydrogen-bond acceptors (Lipinski definition) is 5. The largest absolute Gasteiger partial charge is 0.354 e. The minimum absolute atomic E-state index is 0.844. The maximum Gasteiger partial charge on any atom is 0.227 e. The van der Waals surface area contributed by atoms with Gasteiger partial charge in [0.1, 0.15) is 5.82 Å². The van der Waals surface area contributed by atoms with Gasteiger partial charge in [-0.25, -0.2) is 4.98 Å². The minimum Gasteiger partial charge on any atom is -0.354 e. The lowest BCUT2D eigenvalue weighted by molar-refractivity contribution is 0.312. The predicted molar refractivity (Wildman–Crippen MR) is 75.3 cm³/mol. The van der Waals surface area contributed by atoms with Crippen LogP contribution in [-0.2, 0) is 0 Å². The van der Waals surface area contributed by atoms with Crippen molar-refractivity contribution >= 4 is 11.8 Å². The van der Waals surface area contributed by atoms with Crippen molar-refractivity contribution in [1.82, 2.24) is 14.9 Å². The van der Waals surface area contributed by atoms with E-state index in [4.69, 9.17) is 0 Å². The van der Waals surface area contributed by atoms with Gasteiger partial charge in [0.05, 0.1) is 0 Å². The van der Waals surface area contributed by atoms with Crippen LogP contribution >= 0.6 is 0 Å². The van der Waals surface area contributed by atoms with Crippen LogP contribution in [0, 0.1) is 0 Å². The molecule has 1 aromatic heterocycles. The lowest BCUT2D eigenvalue weighted by atomic mass is 10.3. The summed E-state index contributed by atoms with van der Waals surface area (Å²) in [5.74, 6) is 1.90. The van der Waals surface area contributed by atoms with Crippen LogP contribution in [0.1, 0.15) is 13.8 Å². The first-order chi connectivity index (χ1) is 8.74. The van der Waals surface area contributed by atoms with Gasteiger partial charge in [-0.15, -0.1) is 0 Å². The van der Waals surface area contributed by atoms with Crippen molar-refractivity contribution < 1.29 is 0 Å². The molecule has 0 aliphatic carbocycles. The highest BCUT2D eigenvalue weighted by Crippen LogP contribution is 2.16. The third kappa shape index (κ3) is 2.90. The van der Waals surface area contributed by atoms with E-state index >= 15 is 0 Å². The highest BCUT2D eigenvalue weighted by Gasteiger charge is 2.16. The molecule has 2 rings (SSSR count). The van der Waals surface area contributed by atoms with Gasteiger partial charge >= 0.3 is 0 Å². The van der Waals surface area contributed by atoms with Gasteiger partial charge in [-0.3, -0.25) is 0 Å². The number of piperazine rings is 1. The fourth-order valence-corrected chi connectivity index (χ4v) is 2.21. The van der Waals surface area contributed by atoms with Gasteiger partial charge in [0, 0.05) is 45.5 Å². The Morgan fingerprint density at radius 2 is 1.83 bits per heavy atom. The average molecular weight is 249 g/mol. The van der Waals surface area contributed by atoms with E-state index in [2.05, 4.69) is 45.6 Å². The first kappa shape index (κ1) is 13.1. The second-order valence-corrected chi connectivity index (χ2v) is 4.68. The predicted octanol–water partition coefficient (Wildman–Crippen LogP) is 1.07. The van der Waals surface area contributed by atoms with Gasteiger partial charge in [0.25, 0.3) is 0 Å². The molecule has 5 nitrogen and oxygen atoms in total. The minimum atomic E-state index is 0.844. The topological polar surface area (TPSA) is 35.5 Å². The lowest BCUT2D eigenvalue weighted by Crippen LogP contribution is -2.45. The molecule has 1 aliphatic rings. The summed E-state index contributed by atoms with van der Waals surface area (Å²) in [5.41, 5.74) is 0. The molecule has 0 unspecified atom stereocenters. The average Bonchev–Trinajstić information content (AvgIpc) is 2.41. The first-order valence-corrected chi connectivity index (χ1v) is 6.76. The van der Waals surface area contributed by atoms with E-state index in [1.54, 1.807) is 0 Å². The molecule has 5 heteroatoms. The lowest BCUT2D eigenvalue weighted by Gasteiger charge is -2.33. The third-order valence-corrected chi connectivity index (χ3v) is 3.50. The van der Waals surface area contributed by atoms with Gasteiger partial charge in [-0.1, -0.05) is 0 Å². The van der Waals surface area contributed by atoms with Crippen LogP contribution in [0.4, 0.5) is 11.8 Å². The third-order valence-electron chi connectivity index (χ3n) is 3.50. The Kier molecular flexibility index (Phi) is 4.36. The van der Waals surface area contributed by atoms with Crippen molar-refractivity contribution in [2.45, 2.75) is 13.8 Å². The second-order valence-electron chi connectivity index (χ2n) is 4.68. The van der Waals surface area contributed by atoms with E-state index in [0.29, 0.717) is 0 Å². The molecule has 18 heavy (non-hydrogen) atoms. The van der Waals surface area contributed by atoms with Gasteiger partial charge < -0.3 is 14.7 Å². The molecule has 1 aliphatic heterocycles. The molecular formula is C13H23N5. The summed E-state index contributed by atoms with van der Waals surface area (Å²) in [4.78, 5) is 15.9. The molecule has 0 radical (unpaired) electrons. The number of hydrogen-bond donors (Lipinski definition) is 0. The molecule has 0 spiro atoms. The van der Waals surface area contributed by atoms with E-state index in [0.717, 1.165) is 51.0 Å². The summed E-state index contributed by atoms with van der Waals surface area (Å²) in [6.07, 6.45) is 1.87. The summed E-state index contributed by atoms with van der Waals surface area (Å²) >= 11 is 0. The van der Waals surface area contributed by atoms with E-state index < -0.39 is 0 Å². The van der Waals surface area contributed by atoms with Crippen molar-refractivity contribution in [1.29, 1.82) is 0 Å². The summed E-state index contributed by atoms with van der Waals surface area (Å²) in [6, 6.07) is 2.01. The van der Waals surface area contributed by atoms with Crippen LogP contribution in [0.2, 0.25) is 0 Å². The maximum absolute atomic E-state index is 4.69. The van der Waals surface area contributed by atoms with Crippen molar-refractivity contribution in [2.75, 3.05) is 56.1 Å². The van der Waals surface area contributed by atoms with Gasteiger partial charge in [-0.05, 0) is 27.0 Å². The van der Waals surface area contributed by atoms with Crippen LogP contribution in [0.25, 0.3) is 0 Å². The van der Waals surface area contributed by atoms with Crippen LogP contribution < -0.4 is 9.80 Å². The SMILES string of the molecule is CCN(CC)c1nccc(N2CCN(C)CC2)n1. The Bertz CT molecular complexity index is 369. The van der Waals surface area contributed by atoms with E-state index in [9.17, 15) is 0 Å². The zero-order valence-electron chi connectivity index (χ0n) is 11.6. The van der Waals surface area contributed by atoms with Crippen LogP contribution in [0.3, 0.4) is 0 Å². The van der Waals surface area contributed by atoms with Crippen molar-refractivity contribution in [2.24, 2.45) is 0 Å². The molecule has 0 bridgehead atoms. The monoisotopic (exact) mass is 249 g/mol. The van der Waals surface area contributed by atoms with Crippen molar-refractivity contribution in [3.05, 3.63) is 12.3 Å². The fourth-order valence-electron chi connectivity index (χ4n) is 2.21. The van der Waals surface area contributed by atoms with E-state index in [1.807, 2.05) is 12.3 Å². The van der Waals surface area contributed by atoms with E-state index in [1.165, 1.54) is 0 Å². The smallest absolute Gasteiger partial charge is 0.227 e. The molecule has 2 heterocycles. The molecule has 0 saturated carbocycles. The summed E-state index contributed by atoms with van der Waals surface area (Å²) < 4.78 is 0. The van der Waals surface area contributed by atoms with Crippen LogP contribution in [-0.4, -0.2) is 61.2 Å². The fraction of sp³-hybridized carbons (Fsp3) is 0.692. The Balaban J connectivity index is 2.11. The van der Waals surface area contributed by atoms with Gasteiger partial charge in [0.2, 0.25) is 5.95 Å². The molecule has 0 aromatic carbocycles. The van der Waals surface area contributed by atoms with Gasteiger partial charge in [0.15, 0.2) is 0 Å². The molecule has 1 fully saturated rings. The molecular weight excluding hydrogens is 226 g/mol. The highest BCUT2D eigenvalue weighted by atomic mass is 15.3. The quantitative estimate of drug-likeness (QED) is 0.798. The van der Waals surface area contributed by atoms with Crippen molar-refractivity contribution in [3.63, 3.8) is 0 Å². The normalized spacial score (nSPS) is 16.9. The molecule has 0 N–H and O–H groups in total. The van der Waals surface area contributed by atoms with Gasteiger partial charge in [-0.2, -0.15) is 4.98 Å². The number of anilines is 2. The Morgan fingerprint density at radius 3 is 2.44 bits per heavy atom. The first-order valence-electron chi connectivity index (χ1n) is 6.76. The van der Waals surface area contributed by atoms with Crippen molar-refractivity contribution in [3.8, 4) is 0 Å². The summed E-state index contributed by atoms with van der Waals surface area (Å²) in [7, 11) is 2.17. The number of nitrogens with zero attached hydrogens (tertiary/aromatic N) is 5. The second kappa shape index (κ2) is 6.00. The molecule has 0 atom stereocenters. The molecule has 100 valence electrons. The Morgan fingerprint density at radius 1 is 1.17 bits per heavy atom. The summed E-state index contributed by atoms with van der Waals surface area (Å²) in [5, 5.41) is 0. The molecule has 1 saturated heterocycles. The molecule has 0 amide bonds. The number of rotatable bonds is 4. The standard InChI is InChI=1S/C13H23N5/c1-4-17(5-2)13-14-7-6-12(15-13)18-10-8-16(3)9-11-18/h6-7H,4-5,8-11H2,1-3H3.